The minimum atomic E-state index is -0.740. The molecular weight excluding hydrogens is 393 g/mol. The number of hydrogen-bond donors (Lipinski definition) is 2. The molecule has 1 saturated carbocycles. The lowest BCUT2D eigenvalue weighted by molar-refractivity contribution is 0.0997. The molecule has 150 valence electrons. The van der Waals surface area contributed by atoms with Crippen LogP contribution in [0.2, 0.25) is 5.02 Å². The number of pyridine rings is 2. The molecule has 3 N–H and O–H groups in total. The number of aromatic nitrogens is 2. The largest absolute Gasteiger partial charge is 0.364 e. The van der Waals surface area contributed by atoms with Crippen LogP contribution in [0.5, 0.6) is 0 Å². The zero-order chi connectivity index (χ0) is 20.7. The quantitative estimate of drug-likeness (QED) is 0.662. The maximum Gasteiger partial charge on any atom is 0.268 e. The Bertz CT molecular complexity index is 1160. The summed E-state index contributed by atoms with van der Waals surface area (Å²) < 4.78 is 13.6. The molecule has 5 nitrogen and oxygen atoms in total. The van der Waals surface area contributed by atoms with E-state index in [1.807, 2.05) is 0 Å². The molecule has 3 aromatic rings. The van der Waals surface area contributed by atoms with Crippen molar-refractivity contribution < 1.29 is 9.18 Å². The van der Waals surface area contributed by atoms with Crippen LogP contribution in [0.1, 0.15) is 59.8 Å². The van der Waals surface area contributed by atoms with Crippen molar-refractivity contribution in [3.63, 3.8) is 0 Å². The molecule has 0 spiro atoms. The second kappa shape index (κ2) is 7.59. The van der Waals surface area contributed by atoms with Crippen molar-refractivity contribution in [2.24, 2.45) is 11.7 Å². The number of nitrogens with two attached hydrogens (primary N) is 1. The van der Waals surface area contributed by atoms with Crippen LogP contribution in [0, 0.1) is 11.7 Å². The Morgan fingerprint density at radius 3 is 2.76 bits per heavy atom. The SMILES string of the molecule is C[C@@H]1CC[C@H](c2cc(=O)c3c(C(N)=O)nccc3[nH]2)C(c2ccc(F)cc2Cl)C1. The molecule has 4 rings (SSSR count). The molecule has 1 aromatic carbocycles. The normalized spacial score (nSPS) is 22.0. The van der Waals surface area contributed by atoms with Gasteiger partial charge in [0.25, 0.3) is 5.91 Å². The number of carbonyl (C=O) groups is 1. The molecule has 3 atom stereocenters. The van der Waals surface area contributed by atoms with Gasteiger partial charge in [-0.05, 0) is 48.4 Å². The van der Waals surface area contributed by atoms with Crippen molar-refractivity contribution >= 4 is 28.4 Å². The Hall–Kier alpha value is -2.73. The molecule has 1 aliphatic carbocycles. The van der Waals surface area contributed by atoms with Crippen LogP contribution in [0.15, 0.2) is 41.3 Å². The average Bonchev–Trinajstić information content (AvgIpc) is 2.67. The fourth-order valence-electron chi connectivity index (χ4n) is 4.51. The summed E-state index contributed by atoms with van der Waals surface area (Å²) in [5, 5.41) is 0.599. The van der Waals surface area contributed by atoms with Gasteiger partial charge >= 0.3 is 0 Å². The first-order valence-corrected chi connectivity index (χ1v) is 9.99. The number of benzene rings is 1. The van der Waals surface area contributed by atoms with E-state index in [0.29, 0.717) is 16.5 Å². The van der Waals surface area contributed by atoms with Gasteiger partial charge in [-0.25, -0.2) is 4.39 Å². The molecule has 0 bridgehead atoms. The van der Waals surface area contributed by atoms with Crippen LogP contribution in [0.25, 0.3) is 10.9 Å². The lowest BCUT2D eigenvalue weighted by Crippen LogP contribution is -2.24. The first kappa shape index (κ1) is 19.6. The lowest BCUT2D eigenvalue weighted by atomic mass is 9.70. The number of nitrogens with one attached hydrogen (secondary N) is 1. The second-order valence-electron chi connectivity index (χ2n) is 7.83. The van der Waals surface area contributed by atoms with Crippen LogP contribution >= 0.6 is 11.6 Å². The van der Waals surface area contributed by atoms with Gasteiger partial charge in [0.1, 0.15) is 11.5 Å². The summed E-state index contributed by atoms with van der Waals surface area (Å²) in [7, 11) is 0. The van der Waals surface area contributed by atoms with E-state index in [-0.39, 0.29) is 34.2 Å². The van der Waals surface area contributed by atoms with Gasteiger partial charge in [0.2, 0.25) is 0 Å². The van der Waals surface area contributed by atoms with Gasteiger partial charge in [-0.15, -0.1) is 0 Å². The summed E-state index contributed by atoms with van der Waals surface area (Å²) >= 11 is 6.37. The Morgan fingerprint density at radius 1 is 1.24 bits per heavy atom. The predicted molar refractivity (Wildman–Crippen MR) is 111 cm³/mol. The molecule has 0 radical (unpaired) electrons. The molecular formula is C22H21ClFN3O2. The number of primary amides is 1. The van der Waals surface area contributed by atoms with E-state index in [1.165, 1.54) is 24.4 Å². The molecule has 0 aliphatic heterocycles. The van der Waals surface area contributed by atoms with Gasteiger partial charge in [0, 0.05) is 28.9 Å². The highest BCUT2D eigenvalue weighted by atomic mass is 35.5. The first-order valence-electron chi connectivity index (χ1n) is 9.62. The van der Waals surface area contributed by atoms with Crippen LogP contribution in [-0.4, -0.2) is 15.9 Å². The summed E-state index contributed by atoms with van der Waals surface area (Å²) in [6, 6.07) is 7.69. The molecule has 29 heavy (non-hydrogen) atoms. The number of carbonyl (C=O) groups excluding carboxylic acids is 1. The predicted octanol–water partition coefficient (Wildman–Crippen LogP) is 4.50. The van der Waals surface area contributed by atoms with Crippen LogP contribution in [0.3, 0.4) is 0 Å². The van der Waals surface area contributed by atoms with Crippen LogP contribution < -0.4 is 11.2 Å². The number of nitrogens with zero attached hydrogens (tertiary/aromatic N) is 1. The molecule has 1 aliphatic rings. The van der Waals surface area contributed by atoms with Crippen molar-refractivity contribution in [3.8, 4) is 0 Å². The van der Waals surface area contributed by atoms with E-state index in [0.717, 1.165) is 30.5 Å². The number of rotatable bonds is 3. The van der Waals surface area contributed by atoms with Gasteiger partial charge in [0.05, 0.1) is 10.9 Å². The van der Waals surface area contributed by atoms with Crippen molar-refractivity contribution in [1.29, 1.82) is 0 Å². The standard InChI is InChI=1S/C22H21ClFN3O2/c1-11-2-4-14(15(8-11)13-5-3-12(24)9-16(13)23)18-10-19(28)20-17(27-18)6-7-26-21(20)22(25)29/h3,5-7,9-11,14-15H,2,4,8H2,1H3,(H2,25,29)(H,27,28)/t11-,14+,15?/m1/s1. The molecule has 7 heteroatoms. The molecule has 0 saturated heterocycles. The van der Waals surface area contributed by atoms with E-state index < -0.39 is 5.91 Å². The second-order valence-corrected chi connectivity index (χ2v) is 8.24. The van der Waals surface area contributed by atoms with Crippen molar-refractivity contribution in [3.05, 3.63) is 74.5 Å². The maximum atomic E-state index is 13.6. The number of halogens is 2. The van der Waals surface area contributed by atoms with Gasteiger partial charge in [-0.2, -0.15) is 0 Å². The number of H-pyrrole nitrogens is 1. The highest BCUT2D eigenvalue weighted by molar-refractivity contribution is 6.31. The maximum absolute atomic E-state index is 13.6. The topological polar surface area (TPSA) is 88.8 Å². The van der Waals surface area contributed by atoms with E-state index >= 15 is 0 Å². The number of hydrogen-bond acceptors (Lipinski definition) is 3. The Labute approximate surface area is 172 Å². The molecule has 1 fully saturated rings. The third-order valence-electron chi connectivity index (χ3n) is 5.87. The zero-order valence-corrected chi connectivity index (χ0v) is 16.7. The van der Waals surface area contributed by atoms with Crippen molar-refractivity contribution in [2.75, 3.05) is 0 Å². The zero-order valence-electron chi connectivity index (χ0n) is 15.9. The smallest absolute Gasteiger partial charge is 0.268 e. The minimum Gasteiger partial charge on any atom is -0.364 e. The van der Waals surface area contributed by atoms with Gasteiger partial charge in [-0.3, -0.25) is 14.6 Å². The Kier molecular flexibility index (Phi) is 5.13. The van der Waals surface area contributed by atoms with Crippen molar-refractivity contribution in [1.82, 2.24) is 9.97 Å². The molecule has 2 heterocycles. The third kappa shape index (κ3) is 3.65. The fraction of sp³-hybridized carbons (Fsp3) is 0.318. The van der Waals surface area contributed by atoms with Gasteiger partial charge < -0.3 is 10.7 Å². The van der Waals surface area contributed by atoms with Crippen LogP contribution in [0.4, 0.5) is 4.39 Å². The van der Waals surface area contributed by atoms with E-state index in [2.05, 4.69) is 16.9 Å². The number of fused-ring (bicyclic) bond motifs is 1. The van der Waals surface area contributed by atoms with Gasteiger partial charge in [0.15, 0.2) is 5.43 Å². The Morgan fingerprint density at radius 2 is 2.03 bits per heavy atom. The minimum absolute atomic E-state index is 0.0245. The van der Waals surface area contributed by atoms with Gasteiger partial charge in [-0.1, -0.05) is 31.0 Å². The highest BCUT2D eigenvalue weighted by Crippen LogP contribution is 2.47. The number of aromatic amines is 1. The Balaban J connectivity index is 1.84. The summed E-state index contributed by atoms with van der Waals surface area (Å²) in [5.41, 5.74) is 7.24. The monoisotopic (exact) mass is 413 g/mol. The van der Waals surface area contributed by atoms with Crippen molar-refractivity contribution in [2.45, 2.75) is 38.0 Å². The fourth-order valence-corrected chi connectivity index (χ4v) is 4.81. The summed E-state index contributed by atoms with van der Waals surface area (Å²) in [6.45, 7) is 2.19. The summed E-state index contributed by atoms with van der Waals surface area (Å²) in [6.07, 6.45) is 4.23. The van der Waals surface area contributed by atoms with E-state index in [9.17, 15) is 14.0 Å². The molecule has 2 aromatic heterocycles. The molecule has 1 amide bonds. The third-order valence-corrected chi connectivity index (χ3v) is 6.20. The number of amides is 1. The average molecular weight is 414 g/mol. The molecule has 1 unspecified atom stereocenters. The van der Waals surface area contributed by atoms with E-state index in [1.54, 1.807) is 12.1 Å². The summed E-state index contributed by atoms with van der Waals surface area (Å²) in [5.74, 6) is -0.537. The highest BCUT2D eigenvalue weighted by Gasteiger charge is 2.33. The van der Waals surface area contributed by atoms with E-state index in [4.69, 9.17) is 17.3 Å². The summed E-state index contributed by atoms with van der Waals surface area (Å²) in [4.78, 5) is 31.8. The first-order chi connectivity index (χ1) is 13.8. The van der Waals surface area contributed by atoms with Crippen LogP contribution in [-0.2, 0) is 0 Å². The lowest BCUT2D eigenvalue weighted by Gasteiger charge is -2.36.